The Balaban J connectivity index is 1.98. The highest BCUT2D eigenvalue weighted by Gasteiger charge is 2.23. The van der Waals surface area contributed by atoms with E-state index in [1.54, 1.807) is 17.0 Å². The molecule has 0 saturated heterocycles. The first-order valence-electron chi connectivity index (χ1n) is 7.08. The van der Waals surface area contributed by atoms with Gasteiger partial charge in [-0.3, -0.25) is 0 Å². The van der Waals surface area contributed by atoms with Gasteiger partial charge in [0.15, 0.2) is 0 Å². The summed E-state index contributed by atoms with van der Waals surface area (Å²) in [6.07, 6.45) is 0.566. The van der Waals surface area contributed by atoms with Crippen molar-refractivity contribution in [1.82, 2.24) is 10.2 Å². The van der Waals surface area contributed by atoms with Gasteiger partial charge in [0.05, 0.1) is 12.2 Å². The van der Waals surface area contributed by atoms with Crippen molar-refractivity contribution in [2.24, 2.45) is 0 Å². The molecule has 2 rings (SSSR count). The zero-order chi connectivity index (χ0) is 15.2. The van der Waals surface area contributed by atoms with Crippen LogP contribution in [0.4, 0.5) is 4.79 Å². The first-order valence-corrected chi connectivity index (χ1v) is 7.08. The summed E-state index contributed by atoms with van der Waals surface area (Å²) in [4.78, 5) is 24.9. The maximum atomic E-state index is 12.0. The first-order chi connectivity index (χ1) is 10.1. The number of fused-ring (bicyclic) bond motifs is 1. The molecule has 2 amide bonds. The molecule has 0 aliphatic carbocycles. The second-order valence-electron chi connectivity index (χ2n) is 4.85. The van der Waals surface area contributed by atoms with Crippen LogP contribution in [0.5, 0.6) is 0 Å². The van der Waals surface area contributed by atoms with E-state index in [1.165, 1.54) is 0 Å². The highest BCUT2D eigenvalue weighted by atomic mass is 16.5. The molecule has 0 spiro atoms. The predicted octanol–water partition coefficient (Wildman–Crippen LogP) is 1.49. The molecule has 2 N–H and O–H groups in total. The van der Waals surface area contributed by atoms with Gasteiger partial charge in [-0.2, -0.15) is 0 Å². The molecule has 6 heteroatoms. The van der Waals surface area contributed by atoms with Gasteiger partial charge >= 0.3 is 12.0 Å². The van der Waals surface area contributed by atoms with E-state index in [9.17, 15) is 14.7 Å². The van der Waals surface area contributed by atoms with Gasteiger partial charge in [-0.25, -0.2) is 9.59 Å². The molecular weight excluding hydrogens is 272 g/mol. The molecule has 0 radical (unpaired) electrons. The molecule has 0 bridgehead atoms. The first kappa shape index (κ1) is 15.3. The number of carbonyl (C=O) groups is 2. The molecule has 1 heterocycles. The average molecular weight is 292 g/mol. The topological polar surface area (TPSA) is 78.9 Å². The van der Waals surface area contributed by atoms with Gasteiger partial charge < -0.3 is 20.1 Å². The Morgan fingerprint density at radius 2 is 2.24 bits per heavy atom. The van der Waals surface area contributed by atoms with Crippen molar-refractivity contribution in [3.8, 4) is 0 Å². The Morgan fingerprint density at radius 1 is 1.43 bits per heavy atom. The molecule has 1 aromatic rings. The maximum Gasteiger partial charge on any atom is 0.335 e. The van der Waals surface area contributed by atoms with Gasteiger partial charge in [-0.15, -0.1) is 0 Å². The number of benzene rings is 1. The van der Waals surface area contributed by atoms with Crippen molar-refractivity contribution < 1.29 is 19.4 Å². The second kappa shape index (κ2) is 7.08. The smallest absolute Gasteiger partial charge is 0.335 e. The summed E-state index contributed by atoms with van der Waals surface area (Å²) in [6.45, 7) is 4.48. The van der Waals surface area contributed by atoms with Gasteiger partial charge in [0.2, 0.25) is 0 Å². The van der Waals surface area contributed by atoms with Gasteiger partial charge in [0.1, 0.15) is 0 Å². The third kappa shape index (κ3) is 3.72. The summed E-state index contributed by atoms with van der Waals surface area (Å²) in [6, 6.07) is 5.07. The molecular formula is C15H20N2O4. The molecule has 0 atom stereocenters. The molecule has 114 valence electrons. The molecule has 0 saturated carbocycles. The zero-order valence-electron chi connectivity index (χ0n) is 12.1. The third-order valence-electron chi connectivity index (χ3n) is 3.51. The standard InChI is InChI=1S/C15H20N2O4/c1-2-21-9-7-16-15(20)17-8-6-12-11(10-17)4-3-5-13(12)14(18)19/h3-5H,2,6-10H2,1H3,(H,16,20)(H,18,19). The van der Waals surface area contributed by atoms with E-state index in [0.717, 1.165) is 11.1 Å². The lowest BCUT2D eigenvalue weighted by atomic mass is 9.95. The number of nitrogens with zero attached hydrogens (tertiary/aromatic N) is 1. The van der Waals surface area contributed by atoms with Crippen LogP contribution in [-0.2, 0) is 17.7 Å². The lowest BCUT2D eigenvalue weighted by Gasteiger charge is -2.29. The number of aromatic carboxylic acids is 1. The van der Waals surface area contributed by atoms with Crippen molar-refractivity contribution in [2.75, 3.05) is 26.3 Å². The number of nitrogens with one attached hydrogen (secondary N) is 1. The van der Waals surface area contributed by atoms with E-state index in [4.69, 9.17) is 4.74 Å². The fourth-order valence-electron chi connectivity index (χ4n) is 2.47. The molecule has 0 unspecified atom stereocenters. The number of amides is 2. The van der Waals surface area contributed by atoms with Crippen LogP contribution >= 0.6 is 0 Å². The van der Waals surface area contributed by atoms with Crippen LogP contribution < -0.4 is 5.32 Å². The Bertz CT molecular complexity index is 530. The summed E-state index contributed by atoms with van der Waals surface area (Å²) in [5, 5.41) is 12.0. The van der Waals surface area contributed by atoms with Crippen LogP contribution in [0.3, 0.4) is 0 Å². The highest BCUT2D eigenvalue weighted by molar-refractivity contribution is 5.90. The number of urea groups is 1. The zero-order valence-corrected chi connectivity index (χ0v) is 12.1. The fraction of sp³-hybridized carbons (Fsp3) is 0.467. The minimum Gasteiger partial charge on any atom is -0.478 e. The summed E-state index contributed by atoms with van der Waals surface area (Å²) >= 11 is 0. The van der Waals surface area contributed by atoms with E-state index in [-0.39, 0.29) is 6.03 Å². The van der Waals surface area contributed by atoms with Crippen LogP contribution in [0.1, 0.15) is 28.4 Å². The van der Waals surface area contributed by atoms with E-state index >= 15 is 0 Å². The minimum absolute atomic E-state index is 0.138. The quantitative estimate of drug-likeness (QED) is 0.806. The molecule has 6 nitrogen and oxygen atoms in total. The van der Waals surface area contributed by atoms with Gasteiger partial charge in [-0.05, 0) is 30.5 Å². The molecule has 21 heavy (non-hydrogen) atoms. The number of carboxylic acid groups (broad SMARTS) is 1. The normalized spacial score (nSPS) is 13.7. The lowest BCUT2D eigenvalue weighted by molar-refractivity contribution is 0.0695. The van der Waals surface area contributed by atoms with Crippen molar-refractivity contribution in [2.45, 2.75) is 19.9 Å². The van der Waals surface area contributed by atoms with Crippen LogP contribution in [-0.4, -0.2) is 48.3 Å². The van der Waals surface area contributed by atoms with Crippen molar-refractivity contribution in [3.63, 3.8) is 0 Å². The van der Waals surface area contributed by atoms with Crippen molar-refractivity contribution in [1.29, 1.82) is 0 Å². The van der Waals surface area contributed by atoms with Crippen LogP contribution in [0.15, 0.2) is 18.2 Å². The largest absolute Gasteiger partial charge is 0.478 e. The molecule has 1 aliphatic rings. The molecule has 1 aromatic carbocycles. The van der Waals surface area contributed by atoms with Crippen molar-refractivity contribution >= 4 is 12.0 Å². The highest BCUT2D eigenvalue weighted by Crippen LogP contribution is 2.22. The Kier molecular flexibility index (Phi) is 5.16. The number of ether oxygens (including phenoxy) is 1. The third-order valence-corrected chi connectivity index (χ3v) is 3.51. The summed E-state index contributed by atoms with van der Waals surface area (Å²) in [5.74, 6) is -0.915. The van der Waals surface area contributed by atoms with E-state index < -0.39 is 5.97 Å². The lowest BCUT2D eigenvalue weighted by Crippen LogP contribution is -2.44. The monoisotopic (exact) mass is 292 g/mol. The molecule has 0 aromatic heterocycles. The number of carboxylic acids is 1. The molecule has 1 aliphatic heterocycles. The predicted molar refractivity (Wildman–Crippen MR) is 77.4 cm³/mol. The van der Waals surface area contributed by atoms with Gasteiger partial charge in [0, 0.05) is 26.2 Å². The maximum absolute atomic E-state index is 12.0. The van der Waals surface area contributed by atoms with Crippen LogP contribution in [0.2, 0.25) is 0 Å². The summed E-state index contributed by atoms with van der Waals surface area (Å²) in [5.41, 5.74) is 2.08. The second-order valence-corrected chi connectivity index (χ2v) is 4.85. The summed E-state index contributed by atoms with van der Waals surface area (Å²) in [7, 11) is 0. The number of rotatable bonds is 5. The number of carbonyl (C=O) groups excluding carboxylic acids is 1. The SMILES string of the molecule is CCOCCNC(=O)N1CCc2c(cccc2C(=O)O)C1. The Labute approximate surface area is 123 Å². The fourth-order valence-corrected chi connectivity index (χ4v) is 2.47. The minimum atomic E-state index is -0.915. The van der Waals surface area contributed by atoms with E-state index in [2.05, 4.69) is 5.32 Å². The van der Waals surface area contributed by atoms with Crippen LogP contribution in [0, 0.1) is 0 Å². The van der Waals surface area contributed by atoms with Crippen LogP contribution in [0.25, 0.3) is 0 Å². The Morgan fingerprint density at radius 3 is 2.95 bits per heavy atom. The number of hydrogen-bond donors (Lipinski definition) is 2. The van der Waals surface area contributed by atoms with Gasteiger partial charge in [0.25, 0.3) is 0 Å². The Hall–Kier alpha value is -2.08. The van der Waals surface area contributed by atoms with E-state index in [1.807, 2.05) is 13.0 Å². The molecule has 0 fully saturated rings. The summed E-state index contributed by atoms with van der Waals surface area (Å²) < 4.78 is 5.17. The number of hydrogen-bond acceptors (Lipinski definition) is 3. The van der Waals surface area contributed by atoms with Gasteiger partial charge in [-0.1, -0.05) is 12.1 Å². The van der Waals surface area contributed by atoms with E-state index in [0.29, 0.717) is 44.8 Å². The average Bonchev–Trinajstić information content (AvgIpc) is 2.50. The van der Waals surface area contributed by atoms with Crippen molar-refractivity contribution in [3.05, 3.63) is 34.9 Å².